The second kappa shape index (κ2) is 19.6. The van der Waals surface area contributed by atoms with E-state index < -0.39 is 42.6 Å². The Balaban J connectivity index is 1.45. The Morgan fingerprint density at radius 1 is 0.794 bits per heavy atom. The number of hydrogen-bond donors (Lipinski definition) is 1. The van der Waals surface area contributed by atoms with Gasteiger partial charge in [-0.25, -0.2) is 0 Å². The molecule has 1 N–H and O–H groups in total. The minimum atomic E-state index is -5.09. The summed E-state index contributed by atoms with van der Waals surface area (Å²) in [4.78, 5) is 3.54. The molecular weight excluding hydrogens is 834 g/mol. The van der Waals surface area contributed by atoms with E-state index in [2.05, 4.69) is 62.9 Å². The van der Waals surface area contributed by atoms with Crippen molar-refractivity contribution < 1.29 is 27.4 Å². The Morgan fingerprint density at radius 2 is 1.37 bits per heavy atom. The third-order valence-corrected chi connectivity index (χ3v) is 16.9. The maximum absolute atomic E-state index is 15.3. The Labute approximate surface area is 372 Å². The number of halogens is 3. The van der Waals surface area contributed by atoms with Crippen LogP contribution in [-0.4, -0.2) is 39.3 Å². The number of anilines is 1. The average molecular weight is 881 g/mol. The van der Waals surface area contributed by atoms with Gasteiger partial charge < -0.3 is 19.2 Å². The summed E-state index contributed by atoms with van der Waals surface area (Å²) in [6, 6.07) is 42.2. The lowest BCUT2D eigenvalue weighted by molar-refractivity contribution is -0.249. The molecule has 320 valence electrons. The number of allylic oxidation sites excluding steroid dienone is 2. The maximum Gasteiger partial charge on any atom is 0.437 e. The van der Waals surface area contributed by atoms with Crippen LogP contribution in [0.2, 0.25) is 5.04 Å². The number of aliphatic hydroxyl groups excluding tert-OH is 1. The largest absolute Gasteiger partial charge is 0.534 e. The van der Waals surface area contributed by atoms with Crippen LogP contribution in [0.1, 0.15) is 61.4 Å². The van der Waals surface area contributed by atoms with Crippen molar-refractivity contribution in [3.8, 4) is 24.0 Å². The first-order valence-electron chi connectivity index (χ1n) is 20.5. The Bertz CT molecular complexity index is 2590. The Kier molecular flexibility index (Phi) is 14.3. The van der Waals surface area contributed by atoms with Crippen LogP contribution in [0.25, 0.3) is 18.2 Å². The summed E-state index contributed by atoms with van der Waals surface area (Å²) in [6.45, 7) is 10.0. The van der Waals surface area contributed by atoms with Gasteiger partial charge in [-0.15, -0.1) is 11.3 Å². The molecule has 0 amide bonds. The summed E-state index contributed by atoms with van der Waals surface area (Å²) >= 11 is 1.32. The number of hydrogen-bond acceptors (Lipinski definition) is 8. The molecule has 0 saturated heterocycles. The summed E-state index contributed by atoms with van der Waals surface area (Å²) in [5, 5.41) is 41.3. The van der Waals surface area contributed by atoms with Crippen LogP contribution in [-0.2, 0) is 10.3 Å². The van der Waals surface area contributed by atoms with E-state index in [0.29, 0.717) is 17.2 Å². The van der Waals surface area contributed by atoms with Crippen LogP contribution in [0.5, 0.6) is 5.75 Å². The Hall–Kier alpha value is -6.62. The highest BCUT2D eigenvalue weighted by molar-refractivity contribution is 7.13. The lowest BCUT2D eigenvalue weighted by Crippen LogP contribution is -2.68. The van der Waals surface area contributed by atoms with Crippen molar-refractivity contribution in [3.63, 3.8) is 0 Å². The molecule has 0 fully saturated rings. The van der Waals surface area contributed by atoms with Gasteiger partial charge in [0, 0.05) is 51.3 Å². The molecule has 5 aromatic rings. The van der Waals surface area contributed by atoms with E-state index in [0.717, 1.165) is 45.9 Å². The van der Waals surface area contributed by atoms with Crippen LogP contribution >= 0.6 is 11.3 Å². The molecule has 6 rings (SSSR count). The van der Waals surface area contributed by atoms with Gasteiger partial charge in [-0.05, 0) is 64.3 Å². The van der Waals surface area contributed by atoms with Gasteiger partial charge in [-0.2, -0.15) is 29.0 Å². The van der Waals surface area contributed by atoms with E-state index in [1.807, 2.05) is 66.7 Å². The van der Waals surface area contributed by atoms with E-state index in [4.69, 9.17) is 9.16 Å². The van der Waals surface area contributed by atoms with Gasteiger partial charge in [-0.1, -0.05) is 131 Å². The molecule has 12 heteroatoms. The summed E-state index contributed by atoms with van der Waals surface area (Å²) in [5.41, 5.74) is -3.55. The number of nitrogens with zero attached hydrogens (tertiary/aromatic N) is 4. The van der Waals surface area contributed by atoms with Gasteiger partial charge in [0.1, 0.15) is 29.5 Å². The van der Waals surface area contributed by atoms with E-state index in [9.17, 15) is 20.9 Å². The quantitative estimate of drug-likeness (QED) is 0.0823. The fourth-order valence-corrected chi connectivity index (χ4v) is 13.2. The summed E-state index contributed by atoms with van der Waals surface area (Å²) in [5.74, 6) is -0.0428. The summed E-state index contributed by atoms with van der Waals surface area (Å²) in [7, 11) is -3.09. The third kappa shape index (κ3) is 9.28. The molecule has 7 nitrogen and oxygen atoms in total. The zero-order chi connectivity index (χ0) is 45.3. The third-order valence-electron chi connectivity index (χ3n) is 11.0. The maximum atomic E-state index is 15.3. The van der Waals surface area contributed by atoms with Crippen LogP contribution in [0.3, 0.4) is 0 Å². The molecule has 1 aliphatic heterocycles. The zero-order valence-electron chi connectivity index (χ0n) is 35.5. The van der Waals surface area contributed by atoms with Crippen molar-refractivity contribution in [2.75, 3.05) is 24.6 Å². The predicted molar refractivity (Wildman–Crippen MR) is 247 cm³/mol. The number of alkyl halides is 3. The fourth-order valence-electron chi connectivity index (χ4n) is 7.92. The first-order chi connectivity index (χ1) is 30.3. The standard InChI is InChI=1S/C51H47F3N4O3SSi/c1-5-6-30-58(31-32-59)40-24-22-37(47(33-40)61-63(49(2,3)4,43-18-12-8-13-19-43)44-20-14-9-15-21-44)23-25-41-26-27-42(62-41)28-29-46-45(36-57)48(38(34-55)35-56)60-50(46,51(52,53)54)39-16-10-7-11-17-39/h7-29,33,59H,5-6,30-32H2,1-4H3/b25-23+,29-28+. The topological polar surface area (TPSA) is 113 Å². The highest BCUT2D eigenvalue weighted by Gasteiger charge is 2.65. The molecule has 2 heterocycles. The normalized spacial score (nSPS) is 15.5. The molecule has 1 atom stereocenters. The molecule has 0 saturated carbocycles. The molecule has 63 heavy (non-hydrogen) atoms. The van der Waals surface area contributed by atoms with Gasteiger partial charge in [0.2, 0.25) is 0 Å². The van der Waals surface area contributed by atoms with Crippen LogP contribution in [0, 0.1) is 34.0 Å². The van der Waals surface area contributed by atoms with E-state index in [1.54, 1.807) is 30.3 Å². The molecule has 1 aromatic heterocycles. The van der Waals surface area contributed by atoms with Gasteiger partial charge in [-0.3, -0.25) is 0 Å². The number of rotatable bonds is 15. The van der Waals surface area contributed by atoms with Crippen LogP contribution in [0.4, 0.5) is 18.9 Å². The smallest absolute Gasteiger partial charge is 0.437 e. The molecular formula is C51H47F3N4O3SSi. The molecule has 1 aliphatic rings. The SMILES string of the molecule is CCCCN(CCO)c1ccc(/C=C/c2ccc(/C=C/C3=C(C#N)C(=C(C#N)C#N)OC3(c3ccccc3)C(F)(F)F)s2)c(O[Si](c2ccccc2)(c2ccccc2)C(C)(C)C)c1. The van der Waals surface area contributed by atoms with Crippen LogP contribution < -0.4 is 19.7 Å². The first-order valence-corrected chi connectivity index (χ1v) is 23.3. The van der Waals surface area contributed by atoms with Gasteiger partial charge in [0.15, 0.2) is 11.3 Å². The fraction of sp³-hybridized carbons (Fsp3) is 0.235. The Morgan fingerprint density at radius 3 is 1.87 bits per heavy atom. The average Bonchev–Trinajstić information content (AvgIpc) is 3.89. The van der Waals surface area contributed by atoms with Crippen LogP contribution in [0.15, 0.2) is 150 Å². The number of unbranched alkanes of at least 4 members (excludes halogenated alkanes) is 1. The van der Waals surface area contributed by atoms with Crippen molar-refractivity contribution >= 4 is 53.9 Å². The van der Waals surface area contributed by atoms with E-state index in [1.165, 1.54) is 47.8 Å². The highest BCUT2D eigenvalue weighted by Crippen LogP contribution is 2.56. The van der Waals surface area contributed by atoms with E-state index >= 15 is 13.2 Å². The molecule has 0 radical (unpaired) electrons. The molecule has 4 aromatic carbocycles. The minimum absolute atomic E-state index is 0.00433. The van der Waals surface area contributed by atoms with Crippen molar-refractivity contribution in [3.05, 3.63) is 171 Å². The monoisotopic (exact) mass is 880 g/mol. The second-order valence-corrected chi connectivity index (χ2v) is 21.3. The van der Waals surface area contributed by atoms with Gasteiger partial charge in [0.25, 0.3) is 5.60 Å². The molecule has 0 bridgehead atoms. The molecule has 1 unspecified atom stereocenters. The number of aliphatic hydroxyl groups is 1. The summed E-state index contributed by atoms with van der Waals surface area (Å²) < 4.78 is 59.1. The minimum Gasteiger partial charge on any atom is -0.534 e. The number of ether oxygens (including phenoxy) is 1. The summed E-state index contributed by atoms with van der Waals surface area (Å²) in [6.07, 6.45) is 3.40. The van der Waals surface area contributed by atoms with E-state index in [-0.39, 0.29) is 17.2 Å². The lowest BCUT2D eigenvalue weighted by atomic mass is 9.84. The number of nitriles is 3. The lowest BCUT2D eigenvalue weighted by Gasteiger charge is -2.43. The second-order valence-electron chi connectivity index (χ2n) is 15.9. The highest BCUT2D eigenvalue weighted by atomic mass is 32.1. The van der Waals surface area contributed by atoms with Crippen molar-refractivity contribution in [1.82, 2.24) is 0 Å². The number of benzene rings is 4. The molecule has 0 spiro atoms. The zero-order valence-corrected chi connectivity index (χ0v) is 37.3. The van der Waals surface area contributed by atoms with Crippen molar-refractivity contribution in [2.24, 2.45) is 0 Å². The first kappa shape index (κ1) is 45.9. The predicted octanol–water partition coefficient (Wildman–Crippen LogP) is 11.1. The van der Waals surface area contributed by atoms with Gasteiger partial charge in [0.05, 0.1) is 6.61 Å². The molecule has 0 aliphatic carbocycles. The van der Waals surface area contributed by atoms with Crippen molar-refractivity contribution in [1.29, 1.82) is 15.8 Å². The number of thiophene rings is 1. The van der Waals surface area contributed by atoms with Gasteiger partial charge >= 0.3 is 14.5 Å². The van der Waals surface area contributed by atoms with Crippen molar-refractivity contribution in [2.45, 2.75) is 57.4 Å².